The van der Waals surface area contributed by atoms with Crippen molar-refractivity contribution in [3.8, 4) is 0 Å². The Morgan fingerprint density at radius 1 is 1.12 bits per heavy atom. The summed E-state index contributed by atoms with van der Waals surface area (Å²) in [5.74, 6) is 0.762. The molecule has 2 aromatic heterocycles. The summed E-state index contributed by atoms with van der Waals surface area (Å²) >= 11 is 0. The van der Waals surface area contributed by atoms with Gasteiger partial charge < -0.3 is 14.4 Å². The van der Waals surface area contributed by atoms with E-state index in [4.69, 9.17) is 0 Å². The number of aryl methyl sites for hydroxylation is 1. The van der Waals surface area contributed by atoms with Gasteiger partial charge >= 0.3 is 0 Å². The maximum absolute atomic E-state index is 13.2. The maximum Gasteiger partial charge on any atom is 0.257 e. The molecule has 1 saturated heterocycles. The van der Waals surface area contributed by atoms with Crippen molar-refractivity contribution in [2.75, 3.05) is 26.2 Å². The fraction of sp³-hybridized carbons (Fsp3) is 0.480. The van der Waals surface area contributed by atoms with Gasteiger partial charge in [0, 0.05) is 49.9 Å². The summed E-state index contributed by atoms with van der Waals surface area (Å²) in [5, 5.41) is 0. The predicted molar refractivity (Wildman–Crippen MR) is 125 cm³/mol. The van der Waals surface area contributed by atoms with E-state index in [2.05, 4.69) is 19.5 Å². The Morgan fingerprint density at radius 3 is 2.61 bits per heavy atom. The van der Waals surface area contributed by atoms with E-state index in [1.54, 1.807) is 11.1 Å². The smallest absolute Gasteiger partial charge is 0.257 e. The number of nitrogens with zero attached hydrogens (tertiary/aromatic N) is 6. The molecule has 0 spiro atoms. The average Bonchev–Trinajstić information content (AvgIpc) is 3.39. The minimum absolute atomic E-state index is 0.0189. The Hall–Kier alpha value is -3.29. The van der Waals surface area contributed by atoms with Crippen molar-refractivity contribution in [2.24, 2.45) is 0 Å². The molecular formula is C25H30N6O2. The van der Waals surface area contributed by atoms with Crippen LogP contribution in [0.4, 0.5) is 0 Å². The van der Waals surface area contributed by atoms with E-state index in [9.17, 15) is 9.59 Å². The molecule has 2 aliphatic rings. The van der Waals surface area contributed by atoms with Gasteiger partial charge in [0.1, 0.15) is 5.82 Å². The summed E-state index contributed by atoms with van der Waals surface area (Å²) in [4.78, 5) is 43.2. The highest BCUT2D eigenvalue weighted by Gasteiger charge is 2.31. The number of hydrogen-bond acceptors (Lipinski definition) is 5. The summed E-state index contributed by atoms with van der Waals surface area (Å²) in [6, 6.07) is 6.39. The van der Waals surface area contributed by atoms with Gasteiger partial charge in [0.05, 0.1) is 28.6 Å². The molecule has 8 nitrogen and oxygen atoms in total. The van der Waals surface area contributed by atoms with Crippen molar-refractivity contribution < 1.29 is 9.59 Å². The fourth-order valence-electron chi connectivity index (χ4n) is 4.72. The Labute approximate surface area is 193 Å². The van der Waals surface area contributed by atoms with Crippen LogP contribution in [-0.2, 0) is 0 Å². The number of carbonyl (C=O) groups is 2. The zero-order valence-electron chi connectivity index (χ0n) is 19.5. The number of benzene rings is 1. The third-order valence-electron chi connectivity index (χ3n) is 6.88. The fourth-order valence-corrected chi connectivity index (χ4v) is 4.72. The molecule has 0 N–H and O–H groups in total. The minimum atomic E-state index is -0.0354. The predicted octanol–water partition coefficient (Wildman–Crippen LogP) is 3.58. The first kappa shape index (κ1) is 21.6. The molecule has 1 aliphatic carbocycles. The first-order chi connectivity index (χ1) is 16.0. The van der Waals surface area contributed by atoms with E-state index >= 15 is 0 Å². The molecule has 8 heteroatoms. The molecule has 2 fully saturated rings. The van der Waals surface area contributed by atoms with Gasteiger partial charge in [-0.1, -0.05) is 0 Å². The van der Waals surface area contributed by atoms with Gasteiger partial charge in [-0.15, -0.1) is 0 Å². The van der Waals surface area contributed by atoms with Crippen molar-refractivity contribution in [3.63, 3.8) is 0 Å². The zero-order chi connectivity index (χ0) is 23.1. The van der Waals surface area contributed by atoms with Gasteiger partial charge in [-0.05, 0) is 58.2 Å². The monoisotopic (exact) mass is 446 g/mol. The molecule has 1 aromatic carbocycles. The van der Waals surface area contributed by atoms with Crippen LogP contribution in [0.3, 0.4) is 0 Å². The second kappa shape index (κ2) is 8.57. The van der Waals surface area contributed by atoms with Crippen LogP contribution in [-0.4, -0.2) is 67.3 Å². The van der Waals surface area contributed by atoms with Crippen molar-refractivity contribution in [1.82, 2.24) is 29.3 Å². The van der Waals surface area contributed by atoms with Gasteiger partial charge in [-0.3, -0.25) is 9.59 Å². The first-order valence-corrected chi connectivity index (χ1v) is 11.9. The summed E-state index contributed by atoms with van der Waals surface area (Å²) in [5.41, 5.74) is 3.87. The maximum atomic E-state index is 13.2. The molecular weight excluding hydrogens is 416 g/mol. The van der Waals surface area contributed by atoms with E-state index in [0.717, 1.165) is 17.5 Å². The molecule has 3 heterocycles. The molecule has 1 saturated carbocycles. The second-order valence-corrected chi connectivity index (χ2v) is 9.03. The SMILES string of the molecule is CCN(CC)C(=O)c1cnc(C2CCN(C(=O)c3ccc4c(c3)ncn4C3CC3)C2)nc1C. The molecule has 172 valence electrons. The number of fused-ring (bicyclic) bond motifs is 1. The lowest BCUT2D eigenvalue weighted by atomic mass is 10.1. The van der Waals surface area contributed by atoms with Crippen LogP contribution in [0, 0.1) is 6.92 Å². The molecule has 1 atom stereocenters. The molecule has 5 rings (SSSR count). The first-order valence-electron chi connectivity index (χ1n) is 11.9. The van der Waals surface area contributed by atoms with Crippen LogP contribution in [0.15, 0.2) is 30.7 Å². The van der Waals surface area contributed by atoms with Gasteiger partial charge in [-0.2, -0.15) is 0 Å². The summed E-state index contributed by atoms with van der Waals surface area (Å²) in [7, 11) is 0. The van der Waals surface area contributed by atoms with Crippen LogP contribution < -0.4 is 0 Å². The van der Waals surface area contributed by atoms with Crippen molar-refractivity contribution in [3.05, 3.63) is 53.4 Å². The molecule has 1 unspecified atom stereocenters. The van der Waals surface area contributed by atoms with E-state index in [1.165, 1.54) is 12.8 Å². The van der Waals surface area contributed by atoms with Gasteiger partial charge in [0.2, 0.25) is 0 Å². The molecule has 1 aliphatic heterocycles. The van der Waals surface area contributed by atoms with E-state index in [-0.39, 0.29) is 17.7 Å². The van der Waals surface area contributed by atoms with Crippen molar-refractivity contribution >= 4 is 22.8 Å². The number of carbonyl (C=O) groups excluding carboxylic acids is 2. The largest absolute Gasteiger partial charge is 0.339 e. The summed E-state index contributed by atoms with van der Waals surface area (Å²) < 4.78 is 2.21. The third kappa shape index (κ3) is 3.98. The number of likely N-dealkylation sites (tertiary alicyclic amines) is 1. The van der Waals surface area contributed by atoms with Crippen LogP contribution in [0.1, 0.15) is 77.3 Å². The topological polar surface area (TPSA) is 84.2 Å². The quantitative estimate of drug-likeness (QED) is 0.578. The molecule has 0 bridgehead atoms. The molecule has 0 radical (unpaired) electrons. The number of aromatic nitrogens is 4. The van der Waals surface area contributed by atoms with Gasteiger partial charge in [-0.25, -0.2) is 15.0 Å². The number of rotatable bonds is 6. The molecule has 2 amide bonds. The molecule has 3 aromatic rings. The minimum Gasteiger partial charge on any atom is -0.339 e. The van der Waals surface area contributed by atoms with E-state index < -0.39 is 0 Å². The normalized spacial score (nSPS) is 18.2. The Kier molecular flexibility index (Phi) is 5.60. The summed E-state index contributed by atoms with van der Waals surface area (Å²) in [6.07, 6.45) is 6.75. The van der Waals surface area contributed by atoms with Crippen LogP contribution in [0.2, 0.25) is 0 Å². The van der Waals surface area contributed by atoms with Crippen LogP contribution in [0.5, 0.6) is 0 Å². The van der Waals surface area contributed by atoms with E-state index in [0.29, 0.717) is 54.9 Å². The number of imidazole rings is 1. The lowest BCUT2D eigenvalue weighted by Gasteiger charge is -2.20. The Morgan fingerprint density at radius 2 is 1.91 bits per heavy atom. The van der Waals surface area contributed by atoms with Crippen LogP contribution >= 0.6 is 0 Å². The lowest BCUT2D eigenvalue weighted by Crippen LogP contribution is -2.31. The zero-order valence-corrected chi connectivity index (χ0v) is 19.5. The highest BCUT2D eigenvalue weighted by molar-refractivity contribution is 5.97. The molecule has 33 heavy (non-hydrogen) atoms. The Bertz CT molecular complexity index is 1210. The van der Waals surface area contributed by atoms with Crippen molar-refractivity contribution in [2.45, 2.75) is 52.0 Å². The number of hydrogen-bond donors (Lipinski definition) is 0. The Balaban J connectivity index is 1.29. The highest BCUT2D eigenvalue weighted by atomic mass is 16.2. The summed E-state index contributed by atoms with van der Waals surface area (Å²) in [6.45, 7) is 8.34. The van der Waals surface area contributed by atoms with Crippen LogP contribution in [0.25, 0.3) is 11.0 Å². The number of amides is 2. The lowest BCUT2D eigenvalue weighted by molar-refractivity contribution is 0.0769. The highest BCUT2D eigenvalue weighted by Crippen LogP contribution is 2.37. The van der Waals surface area contributed by atoms with Crippen molar-refractivity contribution in [1.29, 1.82) is 0 Å². The second-order valence-electron chi connectivity index (χ2n) is 9.03. The average molecular weight is 447 g/mol. The van der Waals surface area contributed by atoms with Gasteiger partial charge in [0.15, 0.2) is 0 Å². The third-order valence-corrected chi connectivity index (χ3v) is 6.88. The standard InChI is InChI=1S/C25H30N6O2/c1-4-29(5-2)25(33)20-13-26-23(28-16(20)3)18-10-11-30(14-18)24(32)17-6-9-22-21(12-17)27-15-31(22)19-7-8-19/h6,9,12-13,15,18-19H,4-5,7-8,10-11,14H2,1-3H3. The van der Waals surface area contributed by atoms with Gasteiger partial charge in [0.25, 0.3) is 11.8 Å². The van der Waals surface area contributed by atoms with E-state index in [1.807, 2.05) is 50.2 Å².